The van der Waals surface area contributed by atoms with Crippen LogP contribution in [0.25, 0.3) is 44.2 Å². The van der Waals surface area contributed by atoms with Crippen LogP contribution in [-0.2, 0) is 5.41 Å². The minimum Gasteiger partial charge on any atom is -0.455 e. The summed E-state index contributed by atoms with van der Waals surface area (Å²) in [5.74, 6) is 0. The summed E-state index contributed by atoms with van der Waals surface area (Å²) >= 11 is 0. The van der Waals surface area contributed by atoms with E-state index in [0.717, 1.165) is 60.9 Å². The monoisotopic (exact) mass is 452 g/mol. The quantitative estimate of drug-likeness (QED) is 0.260. The Kier molecular flexibility index (Phi) is 4.48. The SMILES string of the molecule is [B]C([B])([B])C1(c2ccc(-c3cccc4c3oc3ccccc34)cc2)c2ccccc2-c2ccccc21. The van der Waals surface area contributed by atoms with E-state index in [1.54, 1.807) is 0 Å². The molecule has 0 saturated heterocycles. The number of hydrogen-bond donors (Lipinski definition) is 0. The number of benzene rings is 5. The van der Waals surface area contributed by atoms with Gasteiger partial charge in [-0.05, 0) is 39.4 Å². The normalized spacial score (nSPS) is 14.1. The van der Waals surface area contributed by atoms with Crippen molar-refractivity contribution >= 4 is 45.5 Å². The average Bonchev–Trinajstić information content (AvgIpc) is 3.43. The first-order valence-corrected chi connectivity index (χ1v) is 12.1. The highest BCUT2D eigenvalue weighted by molar-refractivity contribution is 6.60. The second-order valence-corrected chi connectivity index (χ2v) is 9.63. The Morgan fingerprint density at radius 1 is 0.528 bits per heavy atom. The van der Waals surface area contributed by atoms with Gasteiger partial charge in [0.2, 0.25) is 0 Å². The lowest BCUT2D eigenvalue weighted by molar-refractivity contribution is 0.640. The van der Waals surface area contributed by atoms with Crippen LogP contribution in [0, 0.1) is 0 Å². The fourth-order valence-electron chi connectivity index (χ4n) is 6.14. The van der Waals surface area contributed by atoms with E-state index in [-0.39, 0.29) is 0 Å². The molecule has 36 heavy (non-hydrogen) atoms. The summed E-state index contributed by atoms with van der Waals surface area (Å²) in [6.07, 6.45) is 0. The Bertz CT molecular complexity index is 1730. The van der Waals surface area contributed by atoms with Gasteiger partial charge in [-0.2, -0.15) is 0 Å². The van der Waals surface area contributed by atoms with Gasteiger partial charge in [-0.25, -0.2) is 0 Å². The lowest BCUT2D eigenvalue weighted by atomic mass is 9.30. The fourth-order valence-corrected chi connectivity index (χ4v) is 6.14. The lowest BCUT2D eigenvalue weighted by Crippen LogP contribution is -2.42. The van der Waals surface area contributed by atoms with Crippen molar-refractivity contribution in [3.8, 4) is 22.3 Å². The Balaban J connectivity index is 1.45. The van der Waals surface area contributed by atoms with Crippen LogP contribution in [0.4, 0.5) is 0 Å². The maximum atomic E-state index is 6.64. The van der Waals surface area contributed by atoms with E-state index < -0.39 is 10.5 Å². The zero-order valence-corrected chi connectivity index (χ0v) is 19.6. The zero-order chi connectivity index (χ0) is 24.5. The standard InChI is InChI=1S/C32H19B3O/c33-32(34,35)31(27-13-4-1-8-23(27)24-9-2-5-14-28(24)31)21-18-16-20(17-19-21)22-11-7-12-26-25-10-3-6-15-29(25)36-30(22)26/h1-19H. The van der Waals surface area contributed by atoms with Gasteiger partial charge >= 0.3 is 0 Å². The molecular formula is C32H19B3O. The molecule has 1 aliphatic carbocycles. The number of para-hydroxylation sites is 2. The first-order chi connectivity index (χ1) is 17.5. The molecule has 1 aliphatic rings. The predicted octanol–water partition coefficient (Wildman–Crippen LogP) is 7.15. The number of hydrogen-bond acceptors (Lipinski definition) is 1. The smallest absolute Gasteiger partial charge is 0.143 e. The molecular weight excluding hydrogens is 433 g/mol. The molecule has 162 valence electrons. The molecule has 1 nitrogen and oxygen atoms in total. The average molecular weight is 452 g/mol. The number of rotatable bonds is 3. The van der Waals surface area contributed by atoms with Crippen LogP contribution >= 0.6 is 0 Å². The second-order valence-electron chi connectivity index (χ2n) is 9.63. The molecule has 0 fully saturated rings. The van der Waals surface area contributed by atoms with Gasteiger partial charge in [0, 0.05) is 21.8 Å². The van der Waals surface area contributed by atoms with Crippen LogP contribution in [0.15, 0.2) is 120 Å². The van der Waals surface area contributed by atoms with E-state index in [4.69, 9.17) is 28.0 Å². The molecule has 0 saturated carbocycles. The van der Waals surface area contributed by atoms with Gasteiger partial charge in [0.1, 0.15) is 11.2 Å². The molecule has 5 aromatic carbocycles. The van der Waals surface area contributed by atoms with Gasteiger partial charge < -0.3 is 4.42 Å². The highest BCUT2D eigenvalue weighted by Gasteiger charge is 2.50. The van der Waals surface area contributed by atoms with Gasteiger partial charge in [0.05, 0.1) is 23.5 Å². The van der Waals surface area contributed by atoms with E-state index in [1.165, 1.54) is 0 Å². The first-order valence-electron chi connectivity index (χ1n) is 12.1. The number of fused-ring (bicyclic) bond motifs is 6. The maximum absolute atomic E-state index is 6.64. The summed E-state index contributed by atoms with van der Waals surface area (Å²) in [6.45, 7) is 0. The topological polar surface area (TPSA) is 13.1 Å². The highest BCUT2D eigenvalue weighted by atomic mass is 16.3. The molecule has 0 unspecified atom stereocenters. The van der Waals surface area contributed by atoms with Crippen molar-refractivity contribution in [2.45, 2.75) is 10.5 Å². The summed E-state index contributed by atoms with van der Waals surface area (Å²) in [5, 5.41) is 0.686. The molecule has 0 bridgehead atoms. The molecule has 7 rings (SSSR count). The number of furan rings is 1. The van der Waals surface area contributed by atoms with Crippen LogP contribution in [-0.4, -0.2) is 23.5 Å². The van der Waals surface area contributed by atoms with Crippen molar-refractivity contribution in [1.82, 2.24) is 0 Å². The molecule has 0 atom stereocenters. The van der Waals surface area contributed by atoms with Crippen LogP contribution in [0.3, 0.4) is 0 Å². The maximum Gasteiger partial charge on any atom is 0.143 e. The third-order valence-electron chi connectivity index (χ3n) is 7.64. The molecule has 1 heterocycles. The van der Waals surface area contributed by atoms with Gasteiger partial charge in [-0.3, -0.25) is 0 Å². The summed E-state index contributed by atoms with van der Waals surface area (Å²) in [5.41, 5.74) is 8.15. The summed E-state index contributed by atoms with van der Waals surface area (Å²) in [6, 6.07) is 39.3. The highest BCUT2D eigenvalue weighted by Crippen LogP contribution is 2.60. The first kappa shape index (κ1) is 21.4. The largest absolute Gasteiger partial charge is 0.455 e. The van der Waals surface area contributed by atoms with Gasteiger partial charge in [0.25, 0.3) is 0 Å². The van der Waals surface area contributed by atoms with Crippen molar-refractivity contribution in [2.24, 2.45) is 0 Å². The Labute approximate surface area is 214 Å². The van der Waals surface area contributed by atoms with Gasteiger partial charge in [-0.1, -0.05) is 109 Å². The second kappa shape index (κ2) is 7.55. The third-order valence-corrected chi connectivity index (χ3v) is 7.64. The van der Waals surface area contributed by atoms with Crippen LogP contribution in [0.5, 0.6) is 0 Å². The van der Waals surface area contributed by atoms with Gasteiger partial charge in [0.15, 0.2) is 0 Å². The molecule has 6 radical (unpaired) electrons. The van der Waals surface area contributed by atoms with E-state index in [1.807, 2.05) is 42.5 Å². The van der Waals surface area contributed by atoms with Crippen molar-refractivity contribution in [3.05, 3.63) is 132 Å². The molecule has 0 spiro atoms. The molecule has 0 N–H and O–H groups in total. The summed E-state index contributed by atoms with van der Waals surface area (Å²) < 4.78 is 6.28. The summed E-state index contributed by atoms with van der Waals surface area (Å²) in [7, 11) is 19.9. The molecule has 4 heteroatoms. The van der Waals surface area contributed by atoms with Crippen molar-refractivity contribution < 1.29 is 4.42 Å². The Hall–Kier alpha value is -3.91. The fraction of sp³-hybridized carbons (Fsp3) is 0.0625. The van der Waals surface area contributed by atoms with E-state index in [0.29, 0.717) is 0 Å². The minimum atomic E-state index is -1.53. The third kappa shape index (κ3) is 2.76. The van der Waals surface area contributed by atoms with Crippen LogP contribution in [0.1, 0.15) is 16.7 Å². The van der Waals surface area contributed by atoms with Crippen LogP contribution in [0.2, 0.25) is 5.11 Å². The zero-order valence-electron chi connectivity index (χ0n) is 19.6. The molecule has 1 aromatic heterocycles. The van der Waals surface area contributed by atoms with E-state index in [2.05, 4.69) is 72.8 Å². The lowest BCUT2D eigenvalue weighted by Gasteiger charge is -2.46. The van der Waals surface area contributed by atoms with Crippen molar-refractivity contribution in [3.63, 3.8) is 0 Å². The van der Waals surface area contributed by atoms with E-state index >= 15 is 0 Å². The Morgan fingerprint density at radius 2 is 1.08 bits per heavy atom. The van der Waals surface area contributed by atoms with Crippen molar-refractivity contribution in [2.75, 3.05) is 0 Å². The van der Waals surface area contributed by atoms with Gasteiger partial charge in [-0.15, -0.1) is 5.11 Å². The minimum absolute atomic E-state index is 0.878. The molecule has 0 amide bonds. The molecule has 0 aliphatic heterocycles. The summed E-state index contributed by atoms with van der Waals surface area (Å²) in [4.78, 5) is 0. The Morgan fingerprint density at radius 3 is 1.75 bits per heavy atom. The predicted molar refractivity (Wildman–Crippen MR) is 151 cm³/mol. The van der Waals surface area contributed by atoms with E-state index in [9.17, 15) is 0 Å². The van der Waals surface area contributed by atoms with Crippen LogP contribution < -0.4 is 0 Å². The van der Waals surface area contributed by atoms with Crippen molar-refractivity contribution in [1.29, 1.82) is 0 Å². The molecule has 6 aromatic rings.